The minimum absolute atomic E-state index is 0.607. The van der Waals surface area contributed by atoms with Crippen molar-refractivity contribution in [1.29, 1.82) is 0 Å². The molecule has 0 radical (unpaired) electrons. The van der Waals surface area contributed by atoms with Gasteiger partial charge in [-0.1, -0.05) is 19.8 Å². The Hall–Kier alpha value is -0.900. The van der Waals surface area contributed by atoms with Crippen molar-refractivity contribution < 1.29 is 4.74 Å². The number of methoxy groups -OCH3 is 1. The van der Waals surface area contributed by atoms with Crippen LogP contribution in [-0.4, -0.2) is 28.5 Å². The van der Waals surface area contributed by atoms with Gasteiger partial charge in [-0.2, -0.15) is 0 Å². The Bertz CT molecular complexity index is 316. The standard InChI is InChI=1S/C12H21N3O/c1-10-3-5-11(6-4-10)12-14-13-9-15(12)7-8-16-2/h9-11H,3-8H2,1-2H3. The van der Waals surface area contributed by atoms with Crippen molar-refractivity contribution in [3.63, 3.8) is 0 Å². The highest BCUT2D eigenvalue weighted by Crippen LogP contribution is 2.34. The van der Waals surface area contributed by atoms with E-state index >= 15 is 0 Å². The zero-order valence-electron chi connectivity index (χ0n) is 10.2. The molecule has 1 fully saturated rings. The number of nitrogens with zero attached hydrogens (tertiary/aromatic N) is 3. The van der Waals surface area contributed by atoms with Gasteiger partial charge < -0.3 is 9.30 Å². The number of aromatic nitrogens is 3. The molecular formula is C12H21N3O. The van der Waals surface area contributed by atoms with Crippen LogP contribution in [0.2, 0.25) is 0 Å². The summed E-state index contributed by atoms with van der Waals surface area (Å²) in [6.07, 6.45) is 6.98. The third-order valence-corrected chi connectivity index (χ3v) is 3.56. The predicted octanol–water partition coefficient (Wildman–Crippen LogP) is 2.22. The predicted molar refractivity (Wildman–Crippen MR) is 62.3 cm³/mol. The van der Waals surface area contributed by atoms with Crippen molar-refractivity contribution in [3.8, 4) is 0 Å². The quantitative estimate of drug-likeness (QED) is 0.785. The largest absolute Gasteiger partial charge is 0.383 e. The van der Waals surface area contributed by atoms with Crippen molar-refractivity contribution in [3.05, 3.63) is 12.2 Å². The van der Waals surface area contributed by atoms with E-state index in [0.29, 0.717) is 5.92 Å². The normalized spacial score (nSPS) is 25.9. The van der Waals surface area contributed by atoms with Crippen molar-refractivity contribution in [1.82, 2.24) is 14.8 Å². The van der Waals surface area contributed by atoms with Crippen LogP contribution in [0.15, 0.2) is 6.33 Å². The fraction of sp³-hybridized carbons (Fsp3) is 0.833. The molecule has 1 heterocycles. The van der Waals surface area contributed by atoms with Crippen LogP contribution in [0.5, 0.6) is 0 Å². The summed E-state index contributed by atoms with van der Waals surface area (Å²) in [6, 6.07) is 0. The first-order chi connectivity index (χ1) is 7.81. The molecule has 4 nitrogen and oxygen atoms in total. The summed E-state index contributed by atoms with van der Waals surface area (Å²) in [5, 5.41) is 8.30. The third-order valence-electron chi connectivity index (χ3n) is 3.56. The average molecular weight is 223 g/mol. The minimum atomic E-state index is 0.607. The highest BCUT2D eigenvalue weighted by molar-refractivity contribution is 4.98. The summed E-state index contributed by atoms with van der Waals surface area (Å²) in [5.74, 6) is 2.64. The van der Waals surface area contributed by atoms with E-state index in [1.807, 2.05) is 6.33 Å². The lowest BCUT2D eigenvalue weighted by atomic mass is 9.82. The Morgan fingerprint density at radius 1 is 1.38 bits per heavy atom. The van der Waals surface area contributed by atoms with Crippen LogP contribution < -0.4 is 0 Å². The molecule has 90 valence electrons. The number of hydrogen-bond acceptors (Lipinski definition) is 3. The number of ether oxygens (including phenoxy) is 1. The smallest absolute Gasteiger partial charge is 0.135 e. The highest BCUT2D eigenvalue weighted by Gasteiger charge is 2.23. The van der Waals surface area contributed by atoms with Gasteiger partial charge in [0.05, 0.1) is 6.61 Å². The van der Waals surface area contributed by atoms with E-state index in [1.54, 1.807) is 7.11 Å². The lowest BCUT2D eigenvalue weighted by Crippen LogP contribution is -2.16. The van der Waals surface area contributed by atoms with Crippen LogP contribution in [0.25, 0.3) is 0 Å². The molecule has 1 aromatic heterocycles. The highest BCUT2D eigenvalue weighted by atomic mass is 16.5. The molecule has 0 spiro atoms. The molecule has 0 unspecified atom stereocenters. The van der Waals surface area contributed by atoms with Gasteiger partial charge in [0.2, 0.25) is 0 Å². The van der Waals surface area contributed by atoms with Crippen molar-refractivity contribution in [2.75, 3.05) is 13.7 Å². The molecule has 4 heteroatoms. The fourth-order valence-corrected chi connectivity index (χ4v) is 2.46. The third kappa shape index (κ3) is 2.61. The van der Waals surface area contributed by atoms with Crippen molar-refractivity contribution in [2.24, 2.45) is 5.92 Å². The Balaban J connectivity index is 1.99. The molecule has 0 N–H and O–H groups in total. The van der Waals surface area contributed by atoms with E-state index in [4.69, 9.17) is 4.74 Å². The maximum absolute atomic E-state index is 5.10. The monoisotopic (exact) mass is 223 g/mol. The molecule has 2 rings (SSSR count). The van der Waals surface area contributed by atoms with E-state index in [1.165, 1.54) is 25.7 Å². The zero-order valence-corrected chi connectivity index (χ0v) is 10.2. The Kier molecular flexibility index (Phi) is 3.93. The van der Waals surface area contributed by atoms with Gasteiger partial charge in [-0.25, -0.2) is 0 Å². The summed E-state index contributed by atoms with van der Waals surface area (Å²) >= 11 is 0. The van der Waals surface area contributed by atoms with Gasteiger partial charge in [0.1, 0.15) is 12.2 Å². The van der Waals surface area contributed by atoms with Crippen molar-refractivity contribution >= 4 is 0 Å². The van der Waals surface area contributed by atoms with Gasteiger partial charge in [-0.3, -0.25) is 0 Å². The molecule has 0 atom stereocenters. The lowest BCUT2D eigenvalue weighted by molar-refractivity contribution is 0.185. The molecule has 1 saturated carbocycles. The minimum Gasteiger partial charge on any atom is -0.383 e. The van der Waals surface area contributed by atoms with Crippen LogP contribution in [-0.2, 0) is 11.3 Å². The summed E-state index contributed by atoms with van der Waals surface area (Å²) in [4.78, 5) is 0. The van der Waals surface area contributed by atoms with Gasteiger partial charge in [0.15, 0.2) is 0 Å². The van der Waals surface area contributed by atoms with Crippen LogP contribution in [0, 0.1) is 5.92 Å². The second kappa shape index (κ2) is 5.43. The second-order valence-electron chi connectivity index (χ2n) is 4.83. The van der Waals surface area contributed by atoms with E-state index in [2.05, 4.69) is 21.7 Å². The zero-order chi connectivity index (χ0) is 11.4. The molecule has 16 heavy (non-hydrogen) atoms. The van der Waals surface area contributed by atoms with Crippen LogP contribution in [0.4, 0.5) is 0 Å². The lowest BCUT2D eigenvalue weighted by Gasteiger charge is -2.25. The van der Waals surface area contributed by atoms with Gasteiger partial charge >= 0.3 is 0 Å². The maximum Gasteiger partial charge on any atom is 0.135 e. The first kappa shape index (κ1) is 11.6. The SMILES string of the molecule is COCCn1cnnc1C1CCC(C)CC1. The van der Waals surface area contributed by atoms with Gasteiger partial charge in [-0.15, -0.1) is 10.2 Å². The number of rotatable bonds is 4. The van der Waals surface area contributed by atoms with Crippen LogP contribution in [0.3, 0.4) is 0 Å². The molecule has 0 bridgehead atoms. The summed E-state index contributed by atoms with van der Waals surface area (Å²) in [5.41, 5.74) is 0. The summed E-state index contributed by atoms with van der Waals surface area (Å²) in [6.45, 7) is 3.94. The van der Waals surface area contributed by atoms with E-state index < -0.39 is 0 Å². The molecule has 0 saturated heterocycles. The molecule has 0 amide bonds. The average Bonchev–Trinajstić information content (AvgIpc) is 2.75. The molecule has 1 aliphatic rings. The molecular weight excluding hydrogens is 202 g/mol. The summed E-state index contributed by atoms with van der Waals surface area (Å²) in [7, 11) is 1.73. The Morgan fingerprint density at radius 2 is 2.12 bits per heavy atom. The van der Waals surface area contributed by atoms with Crippen LogP contribution in [0.1, 0.15) is 44.3 Å². The summed E-state index contributed by atoms with van der Waals surface area (Å²) < 4.78 is 7.24. The molecule has 1 aromatic rings. The molecule has 1 aliphatic carbocycles. The first-order valence-electron chi connectivity index (χ1n) is 6.18. The molecule has 0 aliphatic heterocycles. The Labute approximate surface area is 97.0 Å². The second-order valence-corrected chi connectivity index (χ2v) is 4.83. The van der Waals surface area contributed by atoms with E-state index in [0.717, 1.165) is 24.9 Å². The van der Waals surface area contributed by atoms with Gasteiger partial charge in [0, 0.05) is 19.6 Å². The van der Waals surface area contributed by atoms with E-state index in [9.17, 15) is 0 Å². The Morgan fingerprint density at radius 3 is 2.81 bits per heavy atom. The number of hydrogen-bond donors (Lipinski definition) is 0. The topological polar surface area (TPSA) is 39.9 Å². The maximum atomic E-state index is 5.10. The first-order valence-corrected chi connectivity index (χ1v) is 6.18. The van der Waals surface area contributed by atoms with Crippen molar-refractivity contribution in [2.45, 2.75) is 45.1 Å². The molecule has 0 aromatic carbocycles. The fourth-order valence-electron chi connectivity index (χ4n) is 2.46. The van der Waals surface area contributed by atoms with Gasteiger partial charge in [0.25, 0.3) is 0 Å². The van der Waals surface area contributed by atoms with E-state index in [-0.39, 0.29) is 0 Å². The van der Waals surface area contributed by atoms with Crippen LogP contribution >= 0.6 is 0 Å². The van der Waals surface area contributed by atoms with Gasteiger partial charge in [-0.05, 0) is 18.8 Å².